The number of rotatable bonds is 0. The molecule has 2 aliphatic rings. The predicted molar refractivity (Wildman–Crippen MR) is 41.1 cm³/mol. The second-order valence-corrected chi connectivity index (χ2v) is 3.24. The highest BCUT2D eigenvalue weighted by atomic mass is 14.3. The first-order chi connectivity index (χ1) is 4.91. The molecule has 0 heteroatoms. The van der Waals surface area contributed by atoms with E-state index in [0.29, 0.717) is 5.41 Å². The van der Waals surface area contributed by atoms with Crippen LogP contribution in [0.25, 0.3) is 0 Å². The first-order valence-electron chi connectivity index (χ1n) is 3.83. The van der Waals surface area contributed by atoms with Gasteiger partial charge in [0.2, 0.25) is 0 Å². The monoisotopic (exact) mass is 130 g/mol. The van der Waals surface area contributed by atoms with Crippen molar-refractivity contribution in [2.24, 2.45) is 5.41 Å². The molecule has 0 nitrogen and oxygen atoms in total. The lowest BCUT2D eigenvalue weighted by atomic mass is 9.76. The van der Waals surface area contributed by atoms with Gasteiger partial charge in [0, 0.05) is 31.1 Å². The van der Waals surface area contributed by atoms with E-state index in [1.54, 1.807) is 0 Å². The Bertz CT molecular complexity index is 241. The second kappa shape index (κ2) is 2.06. The van der Waals surface area contributed by atoms with Crippen LogP contribution in [0.4, 0.5) is 0 Å². The highest BCUT2D eigenvalue weighted by Crippen LogP contribution is 2.39. The van der Waals surface area contributed by atoms with Gasteiger partial charge in [0.1, 0.15) is 0 Å². The first kappa shape index (κ1) is 5.87. The van der Waals surface area contributed by atoms with E-state index in [2.05, 4.69) is 23.7 Å². The minimum atomic E-state index is 0.477. The Morgan fingerprint density at radius 1 is 0.800 bits per heavy atom. The summed E-state index contributed by atoms with van der Waals surface area (Å²) in [6, 6.07) is 0. The maximum atomic E-state index is 3.19. The van der Waals surface area contributed by atoms with Crippen LogP contribution < -0.4 is 0 Å². The quantitative estimate of drug-likeness (QED) is 0.440. The minimum absolute atomic E-state index is 0.477. The zero-order chi connectivity index (χ0) is 6.86. The smallest absolute Gasteiger partial charge is 0.0164 e. The van der Waals surface area contributed by atoms with E-state index < -0.39 is 0 Å². The molecule has 50 valence electrons. The molecular formula is C10H10. The first-order valence-corrected chi connectivity index (χ1v) is 3.83. The summed E-state index contributed by atoms with van der Waals surface area (Å²) in [6.45, 7) is 0. The molecule has 0 unspecified atom stereocenters. The molecule has 0 aromatic rings. The molecule has 0 fully saturated rings. The van der Waals surface area contributed by atoms with Crippen LogP contribution in [-0.2, 0) is 0 Å². The van der Waals surface area contributed by atoms with Crippen LogP contribution in [0.15, 0.2) is 0 Å². The van der Waals surface area contributed by atoms with E-state index in [-0.39, 0.29) is 0 Å². The molecule has 10 heavy (non-hydrogen) atoms. The maximum absolute atomic E-state index is 3.19. The largest absolute Gasteiger partial charge is 0.103 e. The molecule has 0 N–H and O–H groups in total. The average molecular weight is 130 g/mol. The zero-order valence-corrected chi connectivity index (χ0v) is 6.04. The van der Waals surface area contributed by atoms with Crippen LogP contribution in [0.1, 0.15) is 32.1 Å². The van der Waals surface area contributed by atoms with Crippen LogP contribution in [0.3, 0.4) is 0 Å². The fourth-order valence-corrected chi connectivity index (χ4v) is 1.62. The Hall–Kier alpha value is -0.880. The van der Waals surface area contributed by atoms with Crippen molar-refractivity contribution >= 4 is 0 Å². The van der Waals surface area contributed by atoms with Crippen LogP contribution in [-0.4, -0.2) is 0 Å². The van der Waals surface area contributed by atoms with Crippen molar-refractivity contribution in [2.75, 3.05) is 0 Å². The van der Waals surface area contributed by atoms with E-state index >= 15 is 0 Å². The van der Waals surface area contributed by atoms with Crippen molar-refractivity contribution in [2.45, 2.75) is 32.1 Å². The summed E-state index contributed by atoms with van der Waals surface area (Å²) in [5, 5.41) is 0. The third kappa shape index (κ3) is 0.812. The SMILES string of the molecule is C1#CCC2(CC#CC2)CC1. The van der Waals surface area contributed by atoms with Crippen molar-refractivity contribution in [3.05, 3.63) is 0 Å². The lowest BCUT2D eigenvalue weighted by molar-refractivity contribution is 0.294. The Morgan fingerprint density at radius 3 is 2.00 bits per heavy atom. The molecule has 0 saturated carbocycles. The van der Waals surface area contributed by atoms with Gasteiger partial charge in [-0.05, 0) is 6.42 Å². The summed E-state index contributed by atoms with van der Waals surface area (Å²) in [6.07, 6.45) is 5.62. The fraction of sp³-hybridized carbons (Fsp3) is 0.600. The zero-order valence-electron chi connectivity index (χ0n) is 6.04. The van der Waals surface area contributed by atoms with Crippen molar-refractivity contribution in [3.63, 3.8) is 0 Å². The summed E-state index contributed by atoms with van der Waals surface area (Å²) in [4.78, 5) is 0. The predicted octanol–water partition coefficient (Wildman–Crippen LogP) is 1.96. The molecule has 2 rings (SSSR count). The highest BCUT2D eigenvalue weighted by Gasteiger charge is 2.30. The molecular weight excluding hydrogens is 120 g/mol. The molecule has 0 saturated heterocycles. The summed E-state index contributed by atoms with van der Waals surface area (Å²) in [5.41, 5.74) is 0.477. The second-order valence-electron chi connectivity index (χ2n) is 3.24. The van der Waals surface area contributed by atoms with Crippen molar-refractivity contribution in [1.29, 1.82) is 0 Å². The normalized spacial score (nSPS) is 24.8. The van der Waals surface area contributed by atoms with Gasteiger partial charge in [0.25, 0.3) is 0 Å². The molecule has 0 aliphatic heterocycles. The Balaban J connectivity index is 2.13. The van der Waals surface area contributed by atoms with Crippen molar-refractivity contribution in [1.82, 2.24) is 0 Å². The maximum Gasteiger partial charge on any atom is 0.0164 e. The van der Waals surface area contributed by atoms with E-state index in [4.69, 9.17) is 0 Å². The lowest BCUT2D eigenvalue weighted by Gasteiger charge is -2.26. The molecule has 0 heterocycles. The molecule has 2 aliphatic carbocycles. The lowest BCUT2D eigenvalue weighted by Crippen LogP contribution is -2.18. The van der Waals surface area contributed by atoms with Gasteiger partial charge >= 0.3 is 0 Å². The summed E-state index contributed by atoms with van der Waals surface area (Å²) in [7, 11) is 0. The van der Waals surface area contributed by atoms with Gasteiger partial charge in [-0.3, -0.25) is 0 Å². The Labute approximate surface area is 62.0 Å². The van der Waals surface area contributed by atoms with Gasteiger partial charge < -0.3 is 0 Å². The van der Waals surface area contributed by atoms with E-state index in [1.165, 1.54) is 6.42 Å². The third-order valence-corrected chi connectivity index (χ3v) is 2.42. The Kier molecular flexibility index (Phi) is 1.21. The van der Waals surface area contributed by atoms with E-state index in [0.717, 1.165) is 25.7 Å². The minimum Gasteiger partial charge on any atom is -0.103 e. The van der Waals surface area contributed by atoms with Gasteiger partial charge in [-0.1, -0.05) is 0 Å². The molecule has 0 atom stereocenters. The Morgan fingerprint density at radius 2 is 1.40 bits per heavy atom. The van der Waals surface area contributed by atoms with Gasteiger partial charge in [0.15, 0.2) is 0 Å². The molecule has 0 aromatic carbocycles. The van der Waals surface area contributed by atoms with Crippen LogP contribution >= 0.6 is 0 Å². The van der Waals surface area contributed by atoms with Gasteiger partial charge in [-0.2, -0.15) is 0 Å². The number of hydrogen-bond donors (Lipinski definition) is 0. The topological polar surface area (TPSA) is 0 Å². The van der Waals surface area contributed by atoms with Crippen molar-refractivity contribution < 1.29 is 0 Å². The molecule has 0 radical (unpaired) electrons. The highest BCUT2D eigenvalue weighted by molar-refractivity contribution is 5.20. The van der Waals surface area contributed by atoms with Crippen LogP contribution in [0, 0.1) is 29.1 Å². The van der Waals surface area contributed by atoms with Gasteiger partial charge in [0.05, 0.1) is 0 Å². The van der Waals surface area contributed by atoms with Crippen LogP contribution in [0.2, 0.25) is 0 Å². The molecule has 0 amide bonds. The summed E-state index contributed by atoms with van der Waals surface area (Å²) >= 11 is 0. The van der Waals surface area contributed by atoms with Crippen molar-refractivity contribution in [3.8, 4) is 23.7 Å². The van der Waals surface area contributed by atoms with E-state index in [9.17, 15) is 0 Å². The summed E-state index contributed by atoms with van der Waals surface area (Å²) in [5.74, 6) is 12.6. The molecule has 0 bridgehead atoms. The molecule has 1 spiro atoms. The summed E-state index contributed by atoms with van der Waals surface area (Å²) < 4.78 is 0. The van der Waals surface area contributed by atoms with E-state index in [1.807, 2.05) is 0 Å². The van der Waals surface area contributed by atoms with Gasteiger partial charge in [-0.15, -0.1) is 23.7 Å². The average Bonchev–Trinajstić information content (AvgIpc) is 2.39. The molecule has 0 aromatic heterocycles. The van der Waals surface area contributed by atoms with Crippen LogP contribution in [0.5, 0.6) is 0 Å². The van der Waals surface area contributed by atoms with Gasteiger partial charge in [-0.25, -0.2) is 0 Å². The fourth-order valence-electron chi connectivity index (χ4n) is 1.62. The standard InChI is InChI=1S/C10H10/c1-2-6-10(7-3-1)8-4-5-9-10/h2,6-9H2. The number of hydrogen-bond acceptors (Lipinski definition) is 0. The third-order valence-electron chi connectivity index (χ3n) is 2.42.